The molecular formula is C18H22Cl2FN5O2. The molecule has 0 radical (unpaired) electrons. The summed E-state index contributed by atoms with van der Waals surface area (Å²) in [5, 5.41) is 0.0306. The number of aromatic nitrogens is 3. The maximum atomic E-state index is 14.4. The first-order chi connectivity index (χ1) is 13.0. The second kappa shape index (κ2) is 7.48. The van der Waals surface area contributed by atoms with Gasteiger partial charge >= 0.3 is 6.09 Å². The van der Waals surface area contributed by atoms with Gasteiger partial charge in [0.2, 0.25) is 5.28 Å². The van der Waals surface area contributed by atoms with E-state index in [0.29, 0.717) is 24.3 Å². The Hall–Kier alpha value is -1.93. The van der Waals surface area contributed by atoms with Crippen LogP contribution in [0.25, 0.3) is 10.9 Å². The summed E-state index contributed by atoms with van der Waals surface area (Å²) in [5.74, 6) is -0.180. The number of rotatable bonds is 2. The summed E-state index contributed by atoms with van der Waals surface area (Å²) in [6, 6.07) is -0.0691. The number of likely N-dealkylation sites (tertiary alicyclic amines) is 1. The number of hydrogen-bond acceptors (Lipinski definition) is 6. The number of halogens is 3. The Bertz CT molecular complexity index is 921. The van der Waals surface area contributed by atoms with Crippen molar-refractivity contribution in [3.8, 4) is 0 Å². The lowest BCUT2D eigenvalue weighted by atomic mass is 10.1. The van der Waals surface area contributed by atoms with Crippen LogP contribution in [0.1, 0.15) is 27.7 Å². The molecule has 0 saturated carbocycles. The summed E-state index contributed by atoms with van der Waals surface area (Å²) in [6.45, 7) is 8.51. The first kappa shape index (κ1) is 20.8. The number of anilines is 1. The van der Waals surface area contributed by atoms with Crippen LogP contribution in [0.2, 0.25) is 10.4 Å². The number of carbonyl (C=O) groups excluding carboxylic acids is 1. The number of hydrogen-bond donors (Lipinski definition) is 0. The summed E-state index contributed by atoms with van der Waals surface area (Å²) in [7, 11) is 1.82. The molecule has 3 heterocycles. The smallest absolute Gasteiger partial charge is 0.410 e. The topological polar surface area (TPSA) is 71.5 Å². The third kappa shape index (κ3) is 4.07. The number of pyridine rings is 1. The number of ether oxygens (including phenoxy) is 1. The molecule has 10 heteroatoms. The first-order valence-corrected chi connectivity index (χ1v) is 9.61. The van der Waals surface area contributed by atoms with Crippen molar-refractivity contribution in [3.63, 3.8) is 0 Å². The summed E-state index contributed by atoms with van der Waals surface area (Å²) in [4.78, 5) is 28.1. The molecule has 152 valence electrons. The Labute approximate surface area is 172 Å². The molecule has 3 rings (SSSR count). The van der Waals surface area contributed by atoms with E-state index in [0.717, 1.165) is 0 Å². The zero-order valence-electron chi connectivity index (χ0n) is 16.3. The fourth-order valence-corrected chi connectivity index (χ4v) is 3.65. The van der Waals surface area contributed by atoms with Crippen molar-refractivity contribution >= 4 is 46.0 Å². The summed E-state index contributed by atoms with van der Waals surface area (Å²) in [6.07, 6.45) is 1.06. The van der Waals surface area contributed by atoms with E-state index in [2.05, 4.69) is 15.0 Å². The first-order valence-electron chi connectivity index (χ1n) is 8.86. The average Bonchev–Trinajstić information content (AvgIpc) is 2.98. The Balaban J connectivity index is 1.91. The van der Waals surface area contributed by atoms with E-state index in [1.54, 1.807) is 4.90 Å². The SMILES string of the molecule is C[C@H]1CN(C(=O)OC(C)(C)C)C[C@@H]1N(C)c1nc(Cl)nc2c(F)c(Cl)ncc12. The molecule has 2 atom stereocenters. The van der Waals surface area contributed by atoms with Gasteiger partial charge in [-0.1, -0.05) is 18.5 Å². The molecular weight excluding hydrogens is 408 g/mol. The monoisotopic (exact) mass is 429 g/mol. The highest BCUT2D eigenvalue weighted by Crippen LogP contribution is 2.32. The summed E-state index contributed by atoms with van der Waals surface area (Å²) >= 11 is 11.8. The molecule has 0 aliphatic carbocycles. The molecule has 1 fully saturated rings. The molecule has 0 aromatic carbocycles. The van der Waals surface area contributed by atoms with Crippen LogP contribution >= 0.6 is 23.2 Å². The molecule has 7 nitrogen and oxygen atoms in total. The van der Waals surface area contributed by atoms with Crippen molar-refractivity contribution in [1.29, 1.82) is 0 Å². The average molecular weight is 430 g/mol. The van der Waals surface area contributed by atoms with Gasteiger partial charge in [0, 0.05) is 26.3 Å². The molecule has 0 unspecified atom stereocenters. The van der Waals surface area contributed by atoms with Gasteiger partial charge in [-0.15, -0.1) is 0 Å². The molecule has 28 heavy (non-hydrogen) atoms. The van der Waals surface area contributed by atoms with Crippen LogP contribution in [0, 0.1) is 11.7 Å². The van der Waals surface area contributed by atoms with Gasteiger partial charge in [0.1, 0.15) is 16.9 Å². The molecule has 1 saturated heterocycles. The highest BCUT2D eigenvalue weighted by molar-refractivity contribution is 6.30. The van der Waals surface area contributed by atoms with E-state index in [4.69, 9.17) is 27.9 Å². The van der Waals surface area contributed by atoms with Crippen LogP contribution in [0.15, 0.2) is 6.20 Å². The quantitative estimate of drug-likeness (QED) is 0.526. The number of nitrogens with zero attached hydrogens (tertiary/aromatic N) is 5. The Morgan fingerprint density at radius 2 is 2.00 bits per heavy atom. The summed E-state index contributed by atoms with van der Waals surface area (Å²) < 4.78 is 19.8. The van der Waals surface area contributed by atoms with Crippen LogP contribution in [-0.4, -0.2) is 57.7 Å². The number of carbonyl (C=O) groups is 1. The molecule has 1 aliphatic rings. The van der Waals surface area contributed by atoms with Crippen molar-refractivity contribution in [2.75, 3.05) is 25.0 Å². The minimum absolute atomic E-state index is 0.0106. The van der Waals surface area contributed by atoms with Crippen LogP contribution in [0.5, 0.6) is 0 Å². The number of likely N-dealkylation sites (N-methyl/N-ethyl adjacent to an activating group) is 1. The Morgan fingerprint density at radius 3 is 2.64 bits per heavy atom. The molecule has 1 amide bonds. The van der Waals surface area contributed by atoms with Crippen LogP contribution in [0.3, 0.4) is 0 Å². The second-order valence-electron chi connectivity index (χ2n) is 7.98. The van der Waals surface area contributed by atoms with Gasteiger partial charge in [-0.3, -0.25) is 0 Å². The molecule has 0 spiro atoms. The predicted molar refractivity (Wildman–Crippen MR) is 106 cm³/mol. The molecule has 2 aromatic heterocycles. The standard InChI is InChI=1S/C18H22Cl2FN5O2/c1-9-7-26(17(27)28-18(2,3)4)8-11(9)25(5)15-10-6-22-14(19)12(21)13(10)23-16(20)24-15/h6,9,11H,7-8H2,1-5H3/t9-,11-/m0/s1. The second-order valence-corrected chi connectivity index (χ2v) is 8.68. The molecule has 0 N–H and O–H groups in total. The minimum atomic E-state index is -0.743. The predicted octanol–water partition coefficient (Wildman–Crippen LogP) is 4.16. The van der Waals surface area contributed by atoms with Gasteiger partial charge in [-0.2, -0.15) is 4.98 Å². The van der Waals surface area contributed by atoms with E-state index < -0.39 is 11.4 Å². The highest BCUT2D eigenvalue weighted by Gasteiger charge is 2.38. The van der Waals surface area contributed by atoms with Gasteiger partial charge in [-0.25, -0.2) is 19.2 Å². The normalized spacial score (nSPS) is 19.9. The lowest BCUT2D eigenvalue weighted by molar-refractivity contribution is 0.0287. The third-order valence-corrected chi connectivity index (χ3v) is 5.08. The zero-order valence-corrected chi connectivity index (χ0v) is 17.8. The largest absolute Gasteiger partial charge is 0.444 e. The lowest BCUT2D eigenvalue weighted by Crippen LogP contribution is -2.40. The van der Waals surface area contributed by atoms with Gasteiger partial charge in [-0.05, 0) is 38.3 Å². The van der Waals surface area contributed by atoms with Gasteiger partial charge in [0.25, 0.3) is 0 Å². The van der Waals surface area contributed by atoms with Crippen molar-refractivity contribution in [2.24, 2.45) is 5.92 Å². The Morgan fingerprint density at radius 1 is 1.32 bits per heavy atom. The number of fused-ring (bicyclic) bond motifs is 1. The van der Waals surface area contributed by atoms with Crippen molar-refractivity contribution < 1.29 is 13.9 Å². The van der Waals surface area contributed by atoms with Crippen molar-refractivity contribution in [2.45, 2.75) is 39.3 Å². The zero-order chi connectivity index (χ0) is 20.8. The summed E-state index contributed by atoms with van der Waals surface area (Å²) in [5.41, 5.74) is -0.556. The van der Waals surface area contributed by atoms with Crippen LogP contribution < -0.4 is 4.90 Å². The van der Waals surface area contributed by atoms with E-state index in [1.165, 1.54) is 6.20 Å². The molecule has 1 aliphatic heterocycles. The fourth-order valence-electron chi connectivity index (χ4n) is 3.35. The van der Waals surface area contributed by atoms with Crippen molar-refractivity contribution in [1.82, 2.24) is 19.9 Å². The van der Waals surface area contributed by atoms with E-state index >= 15 is 0 Å². The molecule has 2 aromatic rings. The van der Waals surface area contributed by atoms with Gasteiger partial charge in [0.05, 0.1) is 11.4 Å². The molecule has 0 bridgehead atoms. The lowest BCUT2D eigenvalue weighted by Gasteiger charge is -2.29. The fraction of sp³-hybridized carbons (Fsp3) is 0.556. The van der Waals surface area contributed by atoms with Crippen molar-refractivity contribution in [3.05, 3.63) is 22.5 Å². The Kier molecular flexibility index (Phi) is 5.55. The van der Waals surface area contributed by atoms with E-state index in [9.17, 15) is 9.18 Å². The number of amides is 1. The van der Waals surface area contributed by atoms with Crippen LogP contribution in [0.4, 0.5) is 15.0 Å². The van der Waals surface area contributed by atoms with Gasteiger partial charge < -0.3 is 14.5 Å². The minimum Gasteiger partial charge on any atom is -0.444 e. The maximum Gasteiger partial charge on any atom is 0.410 e. The highest BCUT2D eigenvalue weighted by atomic mass is 35.5. The van der Waals surface area contributed by atoms with Crippen LogP contribution in [-0.2, 0) is 4.74 Å². The van der Waals surface area contributed by atoms with E-state index in [1.807, 2.05) is 39.6 Å². The van der Waals surface area contributed by atoms with E-state index in [-0.39, 0.29) is 34.0 Å². The van der Waals surface area contributed by atoms with Gasteiger partial charge in [0.15, 0.2) is 11.0 Å². The third-order valence-electron chi connectivity index (χ3n) is 4.65. The maximum absolute atomic E-state index is 14.4.